The summed E-state index contributed by atoms with van der Waals surface area (Å²) in [5.41, 5.74) is 0.729. The molecule has 0 radical (unpaired) electrons. The Morgan fingerprint density at radius 2 is 1.85 bits per heavy atom. The van der Waals surface area contributed by atoms with Gasteiger partial charge in [-0.15, -0.1) is 0 Å². The van der Waals surface area contributed by atoms with Crippen molar-refractivity contribution in [2.75, 3.05) is 0 Å². The Morgan fingerprint density at radius 1 is 1.15 bits per heavy atom. The van der Waals surface area contributed by atoms with E-state index in [0.29, 0.717) is 18.9 Å². The Kier molecular flexibility index (Phi) is 3.51. The second-order valence-corrected chi connectivity index (χ2v) is 5.89. The predicted molar refractivity (Wildman–Crippen MR) is 73.6 cm³/mol. The third-order valence-electron chi connectivity index (χ3n) is 4.36. The Balaban J connectivity index is 1.57. The lowest BCUT2D eigenvalue weighted by atomic mass is 9.86. The third-order valence-corrected chi connectivity index (χ3v) is 4.36. The van der Waals surface area contributed by atoms with Gasteiger partial charge >= 0.3 is 5.97 Å². The van der Waals surface area contributed by atoms with Crippen LogP contribution in [-0.4, -0.2) is 27.6 Å². The number of carbonyl (C=O) groups excluding carboxylic acids is 1. The minimum Gasteiger partial charge on any atom is -0.481 e. The molecule has 0 spiro atoms. The average molecular weight is 276 g/mol. The zero-order chi connectivity index (χ0) is 14.1. The summed E-state index contributed by atoms with van der Waals surface area (Å²) in [6.07, 6.45) is 7.10. The van der Waals surface area contributed by atoms with Gasteiger partial charge < -0.3 is 15.0 Å². The summed E-state index contributed by atoms with van der Waals surface area (Å²) >= 11 is 0. The molecule has 0 aromatic carbocycles. The molecule has 5 heteroatoms. The fourth-order valence-corrected chi connectivity index (χ4v) is 3.00. The van der Waals surface area contributed by atoms with Crippen molar-refractivity contribution < 1.29 is 14.7 Å². The maximum Gasteiger partial charge on any atom is 0.306 e. The molecular formula is C15H20N2O3. The maximum absolute atomic E-state index is 12.3. The Hall–Kier alpha value is -1.78. The van der Waals surface area contributed by atoms with Gasteiger partial charge in [-0.2, -0.15) is 0 Å². The number of nitrogens with zero attached hydrogens (tertiary/aromatic N) is 1. The average Bonchev–Trinajstić information content (AvgIpc) is 3.16. The number of aliphatic carboxylic acids is 1. The highest BCUT2D eigenvalue weighted by Crippen LogP contribution is 2.36. The molecule has 20 heavy (non-hydrogen) atoms. The fourth-order valence-electron chi connectivity index (χ4n) is 3.00. The summed E-state index contributed by atoms with van der Waals surface area (Å²) in [6, 6.07) is 4.37. The number of carboxylic acid groups (broad SMARTS) is 1. The van der Waals surface area contributed by atoms with Gasteiger partial charge in [-0.1, -0.05) is 0 Å². The van der Waals surface area contributed by atoms with E-state index in [1.807, 2.05) is 18.3 Å². The summed E-state index contributed by atoms with van der Waals surface area (Å²) < 4.78 is 2.05. The molecule has 3 rings (SSSR count). The molecule has 1 aromatic heterocycles. The zero-order valence-corrected chi connectivity index (χ0v) is 11.4. The van der Waals surface area contributed by atoms with Crippen molar-refractivity contribution in [3.8, 4) is 0 Å². The predicted octanol–water partition coefficient (Wildman–Crippen LogP) is 2.20. The molecule has 2 aliphatic rings. The minimum absolute atomic E-state index is 0.0272. The van der Waals surface area contributed by atoms with Gasteiger partial charge in [0, 0.05) is 18.3 Å². The van der Waals surface area contributed by atoms with Crippen molar-refractivity contribution in [3.63, 3.8) is 0 Å². The van der Waals surface area contributed by atoms with Gasteiger partial charge in [0.2, 0.25) is 0 Å². The summed E-state index contributed by atoms with van der Waals surface area (Å²) in [5, 5.41) is 12.0. The summed E-state index contributed by atoms with van der Waals surface area (Å²) in [7, 11) is 0. The molecular weight excluding hydrogens is 256 g/mol. The van der Waals surface area contributed by atoms with E-state index in [1.54, 1.807) is 0 Å². The van der Waals surface area contributed by atoms with E-state index in [-0.39, 0.29) is 17.9 Å². The van der Waals surface area contributed by atoms with Crippen molar-refractivity contribution in [2.45, 2.75) is 50.6 Å². The van der Waals surface area contributed by atoms with E-state index in [1.165, 1.54) is 0 Å². The van der Waals surface area contributed by atoms with Gasteiger partial charge in [0.1, 0.15) is 5.69 Å². The molecule has 0 atom stereocenters. The summed E-state index contributed by atoms with van der Waals surface area (Å²) in [6.45, 7) is 0. The molecule has 2 aliphatic carbocycles. The Bertz CT molecular complexity index is 511. The van der Waals surface area contributed by atoms with Crippen molar-refractivity contribution in [1.82, 2.24) is 9.88 Å². The fraction of sp³-hybridized carbons (Fsp3) is 0.600. The molecule has 0 aliphatic heterocycles. The van der Waals surface area contributed by atoms with Crippen LogP contribution < -0.4 is 5.32 Å². The van der Waals surface area contributed by atoms with E-state index >= 15 is 0 Å². The molecule has 5 nitrogen and oxygen atoms in total. The number of aromatic nitrogens is 1. The van der Waals surface area contributed by atoms with Gasteiger partial charge in [-0.05, 0) is 50.7 Å². The Morgan fingerprint density at radius 3 is 2.45 bits per heavy atom. The molecule has 108 valence electrons. The van der Waals surface area contributed by atoms with Crippen LogP contribution in [0.1, 0.15) is 55.1 Å². The summed E-state index contributed by atoms with van der Waals surface area (Å²) in [5.74, 6) is -0.975. The zero-order valence-electron chi connectivity index (χ0n) is 11.4. The van der Waals surface area contributed by atoms with Crippen molar-refractivity contribution in [1.29, 1.82) is 0 Å². The lowest BCUT2D eigenvalue weighted by Gasteiger charge is -2.27. The van der Waals surface area contributed by atoms with Crippen LogP contribution in [0, 0.1) is 5.92 Å². The van der Waals surface area contributed by atoms with Crippen molar-refractivity contribution >= 4 is 11.9 Å². The molecule has 1 aromatic rings. The number of hydrogen-bond acceptors (Lipinski definition) is 2. The van der Waals surface area contributed by atoms with E-state index in [0.717, 1.165) is 31.4 Å². The van der Waals surface area contributed by atoms with Crippen LogP contribution in [0.3, 0.4) is 0 Å². The normalized spacial score (nSPS) is 26.2. The highest BCUT2D eigenvalue weighted by atomic mass is 16.4. The largest absolute Gasteiger partial charge is 0.481 e. The maximum atomic E-state index is 12.3. The third kappa shape index (κ3) is 2.71. The second-order valence-electron chi connectivity index (χ2n) is 5.89. The van der Waals surface area contributed by atoms with Crippen LogP contribution in [0.5, 0.6) is 0 Å². The first kappa shape index (κ1) is 13.2. The van der Waals surface area contributed by atoms with Gasteiger partial charge in [0.15, 0.2) is 0 Å². The first-order valence-corrected chi connectivity index (χ1v) is 7.35. The van der Waals surface area contributed by atoms with Crippen LogP contribution in [0.4, 0.5) is 0 Å². The van der Waals surface area contributed by atoms with Crippen molar-refractivity contribution in [2.24, 2.45) is 5.92 Å². The van der Waals surface area contributed by atoms with Gasteiger partial charge in [0.25, 0.3) is 5.91 Å². The van der Waals surface area contributed by atoms with Gasteiger partial charge in [-0.25, -0.2) is 0 Å². The number of hydrogen-bond donors (Lipinski definition) is 2. The number of nitrogens with one attached hydrogen (secondary N) is 1. The minimum atomic E-state index is -0.711. The van der Waals surface area contributed by atoms with E-state index < -0.39 is 5.97 Å². The number of amides is 1. The smallest absolute Gasteiger partial charge is 0.306 e. The molecule has 1 amide bonds. The standard InChI is InChI=1S/C15H20N2O3/c18-14(13-2-1-9-17(13)12-7-8-12)16-11-5-3-10(4-6-11)15(19)20/h1-2,9-12H,3-8H2,(H,16,18)(H,19,20). The molecule has 0 saturated heterocycles. The number of carboxylic acids is 1. The summed E-state index contributed by atoms with van der Waals surface area (Å²) in [4.78, 5) is 23.2. The highest BCUT2D eigenvalue weighted by molar-refractivity contribution is 5.93. The van der Waals surface area contributed by atoms with Crippen LogP contribution in [0.25, 0.3) is 0 Å². The molecule has 2 saturated carbocycles. The molecule has 2 fully saturated rings. The lowest BCUT2D eigenvalue weighted by molar-refractivity contribution is -0.142. The molecule has 1 heterocycles. The lowest BCUT2D eigenvalue weighted by Crippen LogP contribution is -2.39. The quantitative estimate of drug-likeness (QED) is 0.885. The van der Waals surface area contributed by atoms with Crippen LogP contribution in [-0.2, 0) is 4.79 Å². The van der Waals surface area contributed by atoms with E-state index in [4.69, 9.17) is 5.11 Å². The van der Waals surface area contributed by atoms with E-state index in [9.17, 15) is 9.59 Å². The van der Waals surface area contributed by atoms with Crippen LogP contribution in [0.15, 0.2) is 18.3 Å². The number of carbonyl (C=O) groups is 2. The van der Waals surface area contributed by atoms with Crippen molar-refractivity contribution in [3.05, 3.63) is 24.0 Å². The van der Waals surface area contributed by atoms with Crippen LogP contribution >= 0.6 is 0 Å². The monoisotopic (exact) mass is 276 g/mol. The topological polar surface area (TPSA) is 71.3 Å². The van der Waals surface area contributed by atoms with Gasteiger partial charge in [0.05, 0.1) is 5.92 Å². The second kappa shape index (κ2) is 5.31. The number of rotatable bonds is 4. The molecule has 2 N–H and O–H groups in total. The van der Waals surface area contributed by atoms with E-state index in [2.05, 4.69) is 9.88 Å². The molecule has 0 bridgehead atoms. The first-order chi connectivity index (χ1) is 9.65. The highest BCUT2D eigenvalue weighted by Gasteiger charge is 2.29. The SMILES string of the molecule is O=C(NC1CCC(C(=O)O)CC1)c1cccn1C1CC1. The van der Waals surface area contributed by atoms with Crippen LogP contribution in [0.2, 0.25) is 0 Å². The van der Waals surface area contributed by atoms with Gasteiger partial charge in [-0.3, -0.25) is 9.59 Å². The molecule has 0 unspecified atom stereocenters. The first-order valence-electron chi connectivity index (χ1n) is 7.35. The Labute approximate surface area is 118 Å².